The van der Waals surface area contributed by atoms with Gasteiger partial charge >= 0.3 is 6.18 Å². The summed E-state index contributed by atoms with van der Waals surface area (Å²) in [6.07, 6.45) is -4.38. The summed E-state index contributed by atoms with van der Waals surface area (Å²) in [7, 11) is -4.14. The molecule has 0 bridgehead atoms. The first-order valence-corrected chi connectivity index (χ1v) is 11.3. The lowest BCUT2D eigenvalue weighted by Crippen LogP contribution is -2.31. The molecule has 0 aliphatic carbocycles. The Morgan fingerprint density at radius 3 is 2.33 bits per heavy atom. The summed E-state index contributed by atoms with van der Waals surface area (Å²) < 4.78 is 78.1. The lowest BCUT2D eigenvalue weighted by molar-refractivity contribution is -0.105. The Morgan fingerprint density at radius 1 is 1.10 bits per heavy atom. The van der Waals surface area contributed by atoms with Crippen molar-refractivity contribution in [3.63, 3.8) is 0 Å². The van der Waals surface area contributed by atoms with Gasteiger partial charge in [0.15, 0.2) is 0 Å². The fourth-order valence-electron chi connectivity index (χ4n) is 2.59. The molecular formula is C19H20F4N2O3S2. The van der Waals surface area contributed by atoms with E-state index >= 15 is 0 Å². The Morgan fingerprint density at radius 2 is 1.73 bits per heavy atom. The van der Waals surface area contributed by atoms with Gasteiger partial charge in [0.1, 0.15) is 10.7 Å². The van der Waals surface area contributed by atoms with E-state index in [1.807, 2.05) is 0 Å². The number of alkyl halides is 3. The van der Waals surface area contributed by atoms with Gasteiger partial charge < -0.3 is 5.32 Å². The van der Waals surface area contributed by atoms with Crippen LogP contribution in [0.4, 0.5) is 23.2 Å². The smallest absolute Gasteiger partial charge is 0.321 e. The molecule has 30 heavy (non-hydrogen) atoms. The molecule has 0 heterocycles. The molecule has 1 amide bonds. The molecule has 2 aromatic carbocycles. The van der Waals surface area contributed by atoms with Crippen LogP contribution in [0.25, 0.3) is 0 Å². The monoisotopic (exact) mass is 464 g/mol. The molecule has 5 nitrogen and oxygen atoms in total. The highest BCUT2D eigenvalue weighted by Gasteiger charge is 2.28. The Hall–Kier alpha value is -2.11. The first-order valence-electron chi connectivity index (χ1n) is 8.89. The van der Waals surface area contributed by atoms with Gasteiger partial charge in [0, 0.05) is 23.5 Å². The molecule has 0 spiro atoms. The summed E-state index contributed by atoms with van der Waals surface area (Å²) in [6, 6.07) is 8.81. The van der Waals surface area contributed by atoms with E-state index in [-0.39, 0.29) is 29.2 Å². The van der Waals surface area contributed by atoms with Crippen molar-refractivity contribution in [2.24, 2.45) is 0 Å². The fourth-order valence-corrected chi connectivity index (χ4v) is 4.91. The summed E-state index contributed by atoms with van der Waals surface area (Å²) in [5, 5.41) is 2.46. The normalized spacial score (nSPS) is 12.2. The quantitative estimate of drug-likeness (QED) is 0.452. The zero-order valence-electron chi connectivity index (χ0n) is 16.2. The van der Waals surface area contributed by atoms with Crippen molar-refractivity contribution < 1.29 is 30.8 Å². The lowest BCUT2D eigenvalue weighted by atomic mass is 10.2. The molecule has 2 aromatic rings. The second-order valence-corrected chi connectivity index (χ2v) is 9.01. The second-order valence-electron chi connectivity index (χ2n) is 6.09. The Bertz CT molecular complexity index is 1010. The van der Waals surface area contributed by atoms with Crippen LogP contribution < -0.4 is 5.32 Å². The van der Waals surface area contributed by atoms with E-state index in [2.05, 4.69) is 5.32 Å². The number of carbonyl (C=O) groups excluding carboxylic acids is 1. The first kappa shape index (κ1) is 24.2. The van der Waals surface area contributed by atoms with E-state index in [4.69, 9.17) is 0 Å². The number of benzene rings is 2. The van der Waals surface area contributed by atoms with E-state index in [1.54, 1.807) is 13.8 Å². The summed E-state index contributed by atoms with van der Waals surface area (Å²) in [5.74, 6) is -2.91. The Labute approximate surface area is 176 Å². The van der Waals surface area contributed by atoms with E-state index in [0.717, 1.165) is 22.5 Å². The van der Waals surface area contributed by atoms with E-state index < -0.39 is 38.6 Å². The van der Waals surface area contributed by atoms with E-state index in [1.165, 1.54) is 24.3 Å². The molecule has 0 unspecified atom stereocenters. The second kappa shape index (κ2) is 9.80. The van der Waals surface area contributed by atoms with Crippen molar-refractivity contribution in [2.45, 2.75) is 29.8 Å². The molecule has 0 aliphatic rings. The SMILES string of the molecule is CCN(CC)S(=O)(=O)c1cc(C(=O)Nc2ccccc2SCC(F)(F)F)ccc1F. The third-order valence-electron chi connectivity index (χ3n) is 4.04. The average molecular weight is 465 g/mol. The Kier molecular flexibility index (Phi) is 7.89. The number of rotatable bonds is 8. The van der Waals surface area contributed by atoms with Gasteiger partial charge in [-0.1, -0.05) is 26.0 Å². The van der Waals surface area contributed by atoms with Crippen LogP contribution in [0.15, 0.2) is 52.3 Å². The maximum absolute atomic E-state index is 14.2. The van der Waals surface area contributed by atoms with Crippen LogP contribution in [0.1, 0.15) is 24.2 Å². The predicted octanol–water partition coefficient (Wildman–Crippen LogP) is 4.76. The van der Waals surface area contributed by atoms with Crippen LogP contribution in [-0.2, 0) is 10.0 Å². The van der Waals surface area contributed by atoms with Gasteiger partial charge in [-0.05, 0) is 30.3 Å². The number of sulfonamides is 1. The molecular weight excluding hydrogens is 444 g/mol. The minimum absolute atomic E-state index is 0.124. The van der Waals surface area contributed by atoms with E-state index in [9.17, 15) is 30.8 Å². The van der Waals surface area contributed by atoms with Gasteiger partial charge in [-0.15, -0.1) is 11.8 Å². The molecule has 0 saturated heterocycles. The molecule has 0 radical (unpaired) electrons. The number of nitrogens with one attached hydrogen (secondary N) is 1. The predicted molar refractivity (Wildman–Crippen MR) is 108 cm³/mol. The van der Waals surface area contributed by atoms with Gasteiger partial charge in [-0.3, -0.25) is 4.79 Å². The minimum Gasteiger partial charge on any atom is -0.321 e. The molecule has 1 N–H and O–H groups in total. The van der Waals surface area contributed by atoms with Crippen LogP contribution in [0.5, 0.6) is 0 Å². The number of nitrogens with zero attached hydrogens (tertiary/aromatic N) is 1. The van der Waals surface area contributed by atoms with Crippen LogP contribution in [-0.4, -0.2) is 43.6 Å². The lowest BCUT2D eigenvalue weighted by Gasteiger charge is -2.19. The Balaban J connectivity index is 2.32. The number of amides is 1. The zero-order chi connectivity index (χ0) is 22.5. The standard InChI is InChI=1S/C19H20F4N2O3S2/c1-3-25(4-2)30(27,28)17-11-13(9-10-14(17)20)18(26)24-15-7-5-6-8-16(15)29-12-19(21,22)23/h5-11H,3-4,12H2,1-2H3,(H,24,26). The third kappa shape index (κ3) is 5.96. The number of halogens is 4. The van der Waals surface area contributed by atoms with Gasteiger partial charge in [0.2, 0.25) is 10.0 Å². The molecule has 0 aromatic heterocycles. The average Bonchev–Trinajstić information content (AvgIpc) is 2.67. The topological polar surface area (TPSA) is 66.5 Å². The van der Waals surface area contributed by atoms with Crippen LogP contribution >= 0.6 is 11.8 Å². The number of carbonyl (C=O) groups is 1. The highest BCUT2D eigenvalue weighted by Crippen LogP contribution is 2.32. The summed E-state index contributed by atoms with van der Waals surface area (Å²) in [4.78, 5) is 12.1. The molecule has 0 atom stereocenters. The molecule has 0 fully saturated rings. The maximum Gasteiger partial charge on any atom is 0.398 e. The van der Waals surface area contributed by atoms with Crippen molar-refractivity contribution in [1.82, 2.24) is 4.31 Å². The van der Waals surface area contributed by atoms with Gasteiger partial charge in [-0.25, -0.2) is 12.8 Å². The van der Waals surface area contributed by atoms with Crippen molar-refractivity contribution in [1.29, 1.82) is 0 Å². The minimum atomic E-state index is -4.38. The maximum atomic E-state index is 14.2. The van der Waals surface area contributed by atoms with Crippen molar-refractivity contribution in [3.05, 3.63) is 53.8 Å². The van der Waals surface area contributed by atoms with Crippen LogP contribution in [0.3, 0.4) is 0 Å². The summed E-state index contributed by atoms with van der Waals surface area (Å²) in [6.45, 7) is 3.45. The number of hydrogen-bond acceptors (Lipinski definition) is 4. The largest absolute Gasteiger partial charge is 0.398 e. The van der Waals surface area contributed by atoms with Gasteiger partial charge in [-0.2, -0.15) is 17.5 Å². The number of para-hydroxylation sites is 1. The molecule has 0 aliphatic heterocycles. The molecule has 2 rings (SSSR count). The summed E-state index contributed by atoms with van der Waals surface area (Å²) >= 11 is 0.509. The zero-order valence-corrected chi connectivity index (χ0v) is 17.8. The molecule has 0 saturated carbocycles. The van der Waals surface area contributed by atoms with Crippen molar-refractivity contribution >= 4 is 33.4 Å². The number of thioether (sulfide) groups is 1. The highest BCUT2D eigenvalue weighted by atomic mass is 32.2. The van der Waals surface area contributed by atoms with Crippen molar-refractivity contribution in [3.8, 4) is 0 Å². The number of anilines is 1. The molecule has 164 valence electrons. The third-order valence-corrected chi connectivity index (χ3v) is 7.25. The van der Waals surface area contributed by atoms with E-state index in [0.29, 0.717) is 11.8 Å². The summed E-state index contributed by atoms with van der Waals surface area (Å²) in [5.41, 5.74) is -0.00743. The first-order chi connectivity index (χ1) is 14.0. The van der Waals surface area contributed by atoms with Crippen LogP contribution in [0, 0.1) is 5.82 Å². The number of hydrogen-bond donors (Lipinski definition) is 1. The molecule has 11 heteroatoms. The van der Waals surface area contributed by atoms with Gasteiger partial charge in [0.25, 0.3) is 5.91 Å². The van der Waals surface area contributed by atoms with Crippen LogP contribution in [0.2, 0.25) is 0 Å². The fraction of sp³-hybridized carbons (Fsp3) is 0.316. The highest BCUT2D eigenvalue weighted by molar-refractivity contribution is 7.99. The van der Waals surface area contributed by atoms with Gasteiger partial charge in [0.05, 0.1) is 11.4 Å². The van der Waals surface area contributed by atoms with Crippen molar-refractivity contribution in [2.75, 3.05) is 24.2 Å².